The maximum Gasteiger partial charge on any atom is 0.339 e. The average Bonchev–Trinajstić information content (AvgIpc) is 2.59. The number of rotatable bonds is 6. The Morgan fingerprint density at radius 3 is 2.10 bits per heavy atom. The third-order valence-electron chi connectivity index (χ3n) is 3.91. The van der Waals surface area contributed by atoms with Crippen LogP contribution in [0.25, 0.3) is 0 Å². The fourth-order valence-electron chi connectivity index (χ4n) is 2.85. The standard InChI is InChI=1S/C19H22O10/c1-9-5-6-14(13(7-9)18(23)24)29-19-17(28-12(4)22)16(27-11(3)21)15(8-25-19)26-10(2)20/h5-7,15-17,19H,8H2,1-4H3,(H,23,24)/t15-,16+,17-,19+/m1/s1. The molecule has 29 heavy (non-hydrogen) atoms. The predicted molar refractivity (Wildman–Crippen MR) is 95.2 cm³/mol. The molecule has 0 bridgehead atoms. The molecule has 1 heterocycles. The van der Waals surface area contributed by atoms with Gasteiger partial charge in [-0.05, 0) is 19.1 Å². The zero-order chi connectivity index (χ0) is 21.7. The summed E-state index contributed by atoms with van der Waals surface area (Å²) in [6.07, 6.45) is -4.87. The van der Waals surface area contributed by atoms with E-state index in [1.54, 1.807) is 13.0 Å². The number of esters is 3. The van der Waals surface area contributed by atoms with Crippen LogP contribution in [0.3, 0.4) is 0 Å². The topological polar surface area (TPSA) is 135 Å². The number of aromatic carboxylic acids is 1. The normalized spacial score (nSPS) is 23.6. The van der Waals surface area contributed by atoms with Crippen molar-refractivity contribution >= 4 is 23.9 Å². The van der Waals surface area contributed by atoms with Gasteiger partial charge in [0.2, 0.25) is 12.4 Å². The number of hydrogen-bond donors (Lipinski definition) is 1. The Morgan fingerprint density at radius 2 is 1.55 bits per heavy atom. The fraction of sp³-hybridized carbons (Fsp3) is 0.474. The van der Waals surface area contributed by atoms with Crippen molar-refractivity contribution in [2.24, 2.45) is 0 Å². The van der Waals surface area contributed by atoms with E-state index in [1.165, 1.54) is 19.1 Å². The third kappa shape index (κ3) is 5.92. The summed E-state index contributed by atoms with van der Waals surface area (Å²) < 4.78 is 26.7. The van der Waals surface area contributed by atoms with Gasteiger partial charge in [-0.1, -0.05) is 11.6 Å². The van der Waals surface area contributed by atoms with Crippen LogP contribution >= 0.6 is 0 Å². The lowest BCUT2D eigenvalue weighted by molar-refractivity contribution is -0.259. The molecule has 1 aliphatic heterocycles. The van der Waals surface area contributed by atoms with Gasteiger partial charge in [-0.15, -0.1) is 0 Å². The molecule has 0 radical (unpaired) electrons. The van der Waals surface area contributed by atoms with Gasteiger partial charge in [0.1, 0.15) is 11.3 Å². The molecule has 10 heteroatoms. The molecule has 0 aliphatic carbocycles. The van der Waals surface area contributed by atoms with Crippen molar-refractivity contribution in [3.05, 3.63) is 29.3 Å². The van der Waals surface area contributed by atoms with Crippen molar-refractivity contribution in [3.8, 4) is 5.75 Å². The molecule has 1 aromatic carbocycles. The van der Waals surface area contributed by atoms with E-state index in [4.69, 9.17) is 23.7 Å². The Kier molecular flexibility index (Phi) is 7.16. The zero-order valence-corrected chi connectivity index (χ0v) is 16.4. The molecule has 1 N–H and O–H groups in total. The Labute approximate surface area is 166 Å². The summed E-state index contributed by atoms with van der Waals surface area (Å²) in [6.45, 7) is 4.93. The van der Waals surface area contributed by atoms with Gasteiger partial charge in [-0.25, -0.2) is 4.79 Å². The Morgan fingerprint density at radius 1 is 0.966 bits per heavy atom. The summed E-state index contributed by atoms with van der Waals surface area (Å²) in [5.41, 5.74) is 0.574. The highest BCUT2D eigenvalue weighted by Crippen LogP contribution is 2.29. The van der Waals surface area contributed by atoms with E-state index >= 15 is 0 Å². The van der Waals surface area contributed by atoms with E-state index in [9.17, 15) is 24.3 Å². The minimum absolute atomic E-state index is 0.0298. The summed E-state index contributed by atoms with van der Waals surface area (Å²) in [5, 5.41) is 9.41. The number of carboxylic acids is 1. The second kappa shape index (κ2) is 9.37. The molecule has 0 aromatic heterocycles. The first-order valence-corrected chi connectivity index (χ1v) is 8.72. The molecule has 1 fully saturated rings. The number of carbonyl (C=O) groups excluding carboxylic acids is 3. The lowest BCUT2D eigenvalue weighted by Gasteiger charge is -2.40. The summed E-state index contributed by atoms with van der Waals surface area (Å²) in [4.78, 5) is 46.1. The van der Waals surface area contributed by atoms with Crippen LogP contribution in [0.15, 0.2) is 18.2 Å². The molecule has 1 aromatic rings. The first-order chi connectivity index (χ1) is 13.6. The molecule has 0 spiro atoms. The molecule has 1 saturated heterocycles. The van der Waals surface area contributed by atoms with E-state index in [0.717, 1.165) is 13.8 Å². The minimum atomic E-state index is -1.31. The summed E-state index contributed by atoms with van der Waals surface area (Å²) >= 11 is 0. The first kappa shape index (κ1) is 22.2. The Balaban J connectivity index is 2.37. The predicted octanol–water partition coefficient (Wildman–Crippen LogP) is 1.22. The van der Waals surface area contributed by atoms with Crippen LogP contribution in [0.1, 0.15) is 36.7 Å². The average molecular weight is 410 g/mol. The lowest BCUT2D eigenvalue weighted by atomic mass is 10.0. The van der Waals surface area contributed by atoms with Crippen molar-refractivity contribution < 1.29 is 48.0 Å². The number of hydrogen-bond acceptors (Lipinski definition) is 9. The van der Waals surface area contributed by atoms with Crippen LogP contribution in [0.2, 0.25) is 0 Å². The summed E-state index contributed by atoms with van der Waals surface area (Å²) in [6, 6.07) is 4.48. The van der Waals surface area contributed by atoms with E-state index in [2.05, 4.69) is 0 Å². The smallest absolute Gasteiger partial charge is 0.339 e. The molecule has 4 atom stereocenters. The van der Waals surface area contributed by atoms with Crippen LogP contribution in [-0.2, 0) is 33.3 Å². The van der Waals surface area contributed by atoms with Crippen molar-refractivity contribution in [3.63, 3.8) is 0 Å². The van der Waals surface area contributed by atoms with Crippen LogP contribution in [-0.4, -0.2) is 60.2 Å². The summed E-state index contributed by atoms with van der Waals surface area (Å²) in [7, 11) is 0. The highest BCUT2D eigenvalue weighted by atomic mass is 16.7. The van der Waals surface area contributed by atoms with Gasteiger partial charge < -0.3 is 28.8 Å². The quantitative estimate of drug-likeness (QED) is 0.539. The lowest BCUT2D eigenvalue weighted by Crippen LogP contribution is -2.59. The van der Waals surface area contributed by atoms with Gasteiger partial charge in [0.05, 0.1) is 6.61 Å². The SMILES string of the molecule is CC(=O)O[C@@H]1[C@@H](OC(C)=O)[C@H](Oc2ccc(C)cc2C(=O)O)OC[C@H]1OC(C)=O. The van der Waals surface area contributed by atoms with Gasteiger partial charge in [-0.3, -0.25) is 14.4 Å². The molecule has 1 aliphatic rings. The molecule has 0 unspecified atom stereocenters. The molecular weight excluding hydrogens is 388 g/mol. The van der Waals surface area contributed by atoms with Crippen LogP contribution in [0.5, 0.6) is 5.75 Å². The molecule has 0 saturated carbocycles. The zero-order valence-electron chi connectivity index (χ0n) is 16.4. The molecule has 0 amide bonds. The monoisotopic (exact) mass is 410 g/mol. The number of ether oxygens (including phenoxy) is 5. The van der Waals surface area contributed by atoms with Gasteiger partial charge in [0.15, 0.2) is 12.2 Å². The van der Waals surface area contributed by atoms with Gasteiger partial charge in [0.25, 0.3) is 0 Å². The Bertz CT molecular complexity index is 802. The van der Waals surface area contributed by atoms with Crippen LogP contribution < -0.4 is 4.74 Å². The number of aryl methyl sites for hydroxylation is 1. The minimum Gasteiger partial charge on any atom is -0.478 e. The summed E-state index contributed by atoms with van der Waals surface area (Å²) in [5.74, 6) is -3.33. The van der Waals surface area contributed by atoms with Gasteiger partial charge in [0, 0.05) is 20.8 Å². The van der Waals surface area contributed by atoms with Crippen molar-refractivity contribution in [1.29, 1.82) is 0 Å². The van der Waals surface area contributed by atoms with Crippen LogP contribution in [0.4, 0.5) is 0 Å². The maximum atomic E-state index is 11.6. The maximum absolute atomic E-state index is 11.6. The van der Waals surface area contributed by atoms with Gasteiger partial charge >= 0.3 is 23.9 Å². The van der Waals surface area contributed by atoms with Crippen LogP contribution in [0, 0.1) is 6.92 Å². The fourth-order valence-corrected chi connectivity index (χ4v) is 2.85. The van der Waals surface area contributed by atoms with E-state index in [-0.39, 0.29) is 17.9 Å². The van der Waals surface area contributed by atoms with E-state index in [1.807, 2.05) is 0 Å². The number of carbonyl (C=O) groups is 4. The van der Waals surface area contributed by atoms with Crippen molar-refractivity contribution in [1.82, 2.24) is 0 Å². The number of benzene rings is 1. The highest BCUT2D eigenvalue weighted by Gasteiger charge is 2.48. The van der Waals surface area contributed by atoms with Crippen molar-refractivity contribution in [2.45, 2.75) is 52.3 Å². The number of carboxylic acid groups (broad SMARTS) is 1. The molecular formula is C19H22O10. The Hall–Kier alpha value is -3.14. The second-order valence-corrected chi connectivity index (χ2v) is 6.42. The van der Waals surface area contributed by atoms with Gasteiger partial charge in [-0.2, -0.15) is 0 Å². The van der Waals surface area contributed by atoms with E-state index in [0.29, 0.717) is 5.56 Å². The van der Waals surface area contributed by atoms with E-state index < -0.39 is 48.5 Å². The first-order valence-electron chi connectivity index (χ1n) is 8.72. The third-order valence-corrected chi connectivity index (χ3v) is 3.91. The largest absolute Gasteiger partial charge is 0.478 e. The second-order valence-electron chi connectivity index (χ2n) is 6.42. The molecule has 158 valence electrons. The van der Waals surface area contributed by atoms with Crippen molar-refractivity contribution in [2.75, 3.05) is 6.61 Å². The molecule has 10 nitrogen and oxygen atoms in total. The highest BCUT2D eigenvalue weighted by molar-refractivity contribution is 5.91. The molecule has 2 rings (SSSR count).